The van der Waals surface area contributed by atoms with Crippen molar-refractivity contribution in [1.82, 2.24) is 14.8 Å². The minimum absolute atomic E-state index is 0.107. The van der Waals surface area contributed by atoms with Gasteiger partial charge in [0.2, 0.25) is 5.91 Å². The smallest absolute Gasteiger partial charge is 0.271 e. The van der Waals surface area contributed by atoms with Crippen LogP contribution in [0.4, 0.5) is 0 Å². The average Bonchev–Trinajstić information content (AvgIpc) is 3.38. The van der Waals surface area contributed by atoms with E-state index >= 15 is 0 Å². The van der Waals surface area contributed by atoms with Crippen molar-refractivity contribution >= 4 is 34.5 Å². The highest BCUT2D eigenvalue weighted by Gasteiger charge is 2.49. The van der Waals surface area contributed by atoms with Gasteiger partial charge in [0.05, 0.1) is 18.3 Å². The van der Waals surface area contributed by atoms with E-state index in [4.69, 9.17) is 16.0 Å². The van der Waals surface area contributed by atoms with Gasteiger partial charge in [-0.1, -0.05) is 56.5 Å². The minimum atomic E-state index is -1.08. The number of nitrogens with one attached hydrogen (secondary N) is 1. The van der Waals surface area contributed by atoms with Crippen LogP contribution in [0, 0.1) is 11.8 Å². The number of fused-ring (bicyclic) bond motifs is 3. The van der Waals surface area contributed by atoms with Crippen LogP contribution < -0.4 is 5.32 Å². The molecule has 1 saturated carbocycles. The molecule has 5 rings (SSSR count). The molecular weight excluding hydrogens is 438 g/mol. The number of aromatic nitrogens is 1. The van der Waals surface area contributed by atoms with Gasteiger partial charge in [-0.15, -0.1) is 0 Å². The van der Waals surface area contributed by atoms with Crippen LogP contribution in [0.2, 0.25) is 5.02 Å². The Labute approximate surface area is 198 Å². The Morgan fingerprint density at radius 1 is 1.24 bits per heavy atom. The third-order valence-electron chi connectivity index (χ3n) is 7.85. The number of benzene rings is 1. The van der Waals surface area contributed by atoms with Crippen molar-refractivity contribution in [2.75, 3.05) is 0 Å². The molecule has 1 fully saturated rings. The van der Waals surface area contributed by atoms with Crippen LogP contribution in [0.1, 0.15) is 56.1 Å². The van der Waals surface area contributed by atoms with Crippen molar-refractivity contribution in [2.45, 2.75) is 64.7 Å². The first-order valence-electron chi connectivity index (χ1n) is 11.7. The Morgan fingerprint density at radius 3 is 2.82 bits per heavy atom. The molecule has 2 amide bonds. The number of furan rings is 1. The Hall–Kier alpha value is -2.73. The van der Waals surface area contributed by atoms with E-state index in [2.05, 4.69) is 19.2 Å². The van der Waals surface area contributed by atoms with Crippen LogP contribution in [-0.4, -0.2) is 32.9 Å². The number of carbonyl (C=O) groups excluding carboxylic acids is 2. The molecule has 0 unspecified atom stereocenters. The molecule has 4 atom stereocenters. The average molecular weight is 468 g/mol. The Bertz CT molecular complexity index is 1210. The number of hydrogen-bond donors (Lipinski definition) is 1. The number of hydrogen-bond acceptors (Lipinski definition) is 3. The highest BCUT2D eigenvalue weighted by Crippen LogP contribution is 2.36. The van der Waals surface area contributed by atoms with E-state index in [1.807, 2.05) is 41.8 Å². The van der Waals surface area contributed by atoms with E-state index < -0.39 is 5.54 Å². The lowest BCUT2D eigenvalue weighted by Gasteiger charge is -2.45. The standard InChI is InChI=1S/C26H30ClN3O3/c1-16-7-6-10-20(17(16)2)28-25(32)26(3)15-29-21-11-12-33-23(21)13-22(29)24(31)30(26)14-18-8-4-5-9-19(18)27/h4-5,8-9,11-13,16-17,20H,6-7,10,14-15H2,1-3H3,(H,28,32)/t16-,17+,20+,26+/m1/s1. The molecule has 0 spiro atoms. The maximum Gasteiger partial charge on any atom is 0.271 e. The number of halogens is 1. The van der Waals surface area contributed by atoms with E-state index in [1.54, 1.807) is 17.2 Å². The summed E-state index contributed by atoms with van der Waals surface area (Å²) in [6.07, 6.45) is 4.87. The molecule has 1 aromatic carbocycles. The summed E-state index contributed by atoms with van der Waals surface area (Å²) in [6, 6.07) is 11.2. The Morgan fingerprint density at radius 2 is 2.03 bits per heavy atom. The van der Waals surface area contributed by atoms with Gasteiger partial charge in [-0.25, -0.2) is 0 Å². The summed E-state index contributed by atoms with van der Waals surface area (Å²) in [5, 5.41) is 3.90. The molecule has 3 heterocycles. The van der Waals surface area contributed by atoms with E-state index in [0.717, 1.165) is 23.9 Å². The second-order valence-electron chi connectivity index (χ2n) is 9.89. The first-order chi connectivity index (χ1) is 15.8. The van der Waals surface area contributed by atoms with Gasteiger partial charge >= 0.3 is 0 Å². The van der Waals surface area contributed by atoms with Gasteiger partial charge in [-0.05, 0) is 36.8 Å². The molecule has 33 heavy (non-hydrogen) atoms. The zero-order valence-corrected chi connectivity index (χ0v) is 20.1. The van der Waals surface area contributed by atoms with E-state index in [0.29, 0.717) is 34.7 Å². The molecule has 0 saturated heterocycles. The van der Waals surface area contributed by atoms with Gasteiger partial charge in [0.1, 0.15) is 11.2 Å². The van der Waals surface area contributed by atoms with Crippen molar-refractivity contribution < 1.29 is 14.0 Å². The molecule has 0 bridgehead atoms. The second kappa shape index (κ2) is 8.24. The van der Waals surface area contributed by atoms with Gasteiger partial charge < -0.3 is 19.2 Å². The maximum absolute atomic E-state index is 13.9. The fourth-order valence-corrected chi connectivity index (χ4v) is 5.62. The summed E-state index contributed by atoms with van der Waals surface area (Å²) >= 11 is 6.44. The van der Waals surface area contributed by atoms with Gasteiger partial charge in [0.25, 0.3) is 5.91 Å². The predicted molar refractivity (Wildman–Crippen MR) is 128 cm³/mol. The molecule has 1 N–H and O–H groups in total. The molecule has 1 aliphatic heterocycles. The summed E-state index contributed by atoms with van der Waals surface area (Å²) < 4.78 is 7.47. The van der Waals surface area contributed by atoms with Crippen molar-refractivity contribution in [3.8, 4) is 0 Å². The third-order valence-corrected chi connectivity index (χ3v) is 8.22. The fraction of sp³-hybridized carbons (Fsp3) is 0.462. The summed E-state index contributed by atoms with van der Waals surface area (Å²) in [5.74, 6) is 0.635. The predicted octanol–water partition coefficient (Wildman–Crippen LogP) is 5.24. The molecule has 174 valence electrons. The topological polar surface area (TPSA) is 67.5 Å². The lowest BCUT2D eigenvalue weighted by atomic mass is 9.77. The highest BCUT2D eigenvalue weighted by molar-refractivity contribution is 6.31. The van der Waals surface area contributed by atoms with Gasteiger partial charge in [-0.3, -0.25) is 9.59 Å². The van der Waals surface area contributed by atoms with Crippen LogP contribution >= 0.6 is 11.6 Å². The highest BCUT2D eigenvalue weighted by atomic mass is 35.5. The van der Waals surface area contributed by atoms with Crippen molar-refractivity contribution in [3.05, 3.63) is 58.9 Å². The summed E-state index contributed by atoms with van der Waals surface area (Å²) in [5.41, 5.74) is 1.74. The van der Waals surface area contributed by atoms with Crippen LogP contribution in [0.3, 0.4) is 0 Å². The first-order valence-corrected chi connectivity index (χ1v) is 12.1. The molecule has 2 aromatic heterocycles. The summed E-state index contributed by atoms with van der Waals surface area (Å²) in [6.45, 7) is 6.93. The van der Waals surface area contributed by atoms with Crippen molar-refractivity contribution in [3.63, 3.8) is 0 Å². The van der Waals surface area contributed by atoms with Crippen LogP contribution in [0.15, 0.2) is 47.1 Å². The normalized spacial score (nSPS) is 27.6. The third kappa shape index (κ3) is 3.65. The Kier molecular flexibility index (Phi) is 5.52. The van der Waals surface area contributed by atoms with Crippen molar-refractivity contribution in [2.24, 2.45) is 11.8 Å². The molecule has 7 heteroatoms. The molecule has 2 aliphatic rings. The number of amides is 2. The van der Waals surface area contributed by atoms with Gasteiger partial charge in [0, 0.05) is 29.7 Å². The fourth-order valence-electron chi connectivity index (χ4n) is 5.43. The SMILES string of the molecule is C[C@H]1[C@H](C)CCC[C@@H]1NC(=O)[C@]1(C)Cn2c(cc3occc32)C(=O)N1Cc1ccccc1Cl. The Balaban J connectivity index is 1.54. The molecule has 6 nitrogen and oxygen atoms in total. The lowest BCUT2D eigenvalue weighted by molar-refractivity contribution is -0.134. The largest absolute Gasteiger partial charge is 0.463 e. The molecule has 0 radical (unpaired) electrons. The van der Waals surface area contributed by atoms with Crippen LogP contribution in [-0.2, 0) is 17.9 Å². The number of nitrogens with zero attached hydrogens (tertiary/aromatic N) is 2. The summed E-state index contributed by atoms with van der Waals surface area (Å²) in [4.78, 5) is 29.3. The number of rotatable bonds is 4. The molecule has 3 aromatic rings. The van der Waals surface area contributed by atoms with Crippen LogP contribution in [0.25, 0.3) is 11.1 Å². The quantitative estimate of drug-likeness (QED) is 0.570. The second-order valence-corrected chi connectivity index (χ2v) is 10.3. The van der Waals surface area contributed by atoms with Gasteiger partial charge in [-0.2, -0.15) is 0 Å². The van der Waals surface area contributed by atoms with E-state index in [1.165, 1.54) is 6.42 Å². The molecular formula is C26H30ClN3O3. The lowest BCUT2D eigenvalue weighted by Crippen LogP contribution is -2.65. The zero-order valence-electron chi connectivity index (χ0n) is 19.3. The van der Waals surface area contributed by atoms with E-state index in [9.17, 15) is 9.59 Å². The first kappa shape index (κ1) is 22.1. The zero-order chi connectivity index (χ0) is 23.3. The van der Waals surface area contributed by atoms with Gasteiger partial charge in [0.15, 0.2) is 5.58 Å². The monoisotopic (exact) mass is 467 g/mol. The summed E-state index contributed by atoms with van der Waals surface area (Å²) in [7, 11) is 0. The van der Waals surface area contributed by atoms with Crippen molar-refractivity contribution in [1.29, 1.82) is 0 Å². The molecule has 1 aliphatic carbocycles. The minimum Gasteiger partial charge on any atom is -0.463 e. The maximum atomic E-state index is 13.9. The number of carbonyl (C=O) groups is 2. The van der Waals surface area contributed by atoms with Crippen LogP contribution in [0.5, 0.6) is 0 Å². The van der Waals surface area contributed by atoms with E-state index in [-0.39, 0.29) is 24.4 Å².